The topological polar surface area (TPSA) is 21.3 Å². The Hall–Kier alpha value is -1.02. The van der Waals surface area contributed by atoms with E-state index in [-0.39, 0.29) is 0 Å². The highest BCUT2D eigenvalue weighted by Crippen LogP contribution is 2.43. The third-order valence-corrected chi connectivity index (χ3v) is 3.89. The van der Waals surface area contributed by atoms with Gasteiger partial charge >= 0.3 is 0 Å². The van der Waals surface area contributed by atoms with Crippen molar-refractivity contribution in [1.82, 2.24) is 5.32 Å². The molecule has 0 saturated carbocycles. The van der Waals surface area contributed by atoms with Gasteiger partial charge < -0.3 is 10.1 Å². The van der Waals surface area contributed by atoms with E-state index in [2.05, 4.69) is 23.5 Å². The summed E-state index contributed by atoms with van der Waals surface area (Å²) in [5.74, 6) is 0.990. The van der Waals surface area contributed by atoms with E-state index in [1.54, 1.807) is 7.11 Å². The van der Waals surface area contributed by atoms with Crippen LogP contribution >= 0.6 is 0 Å². The zero-order valence-electron chi connectivity index (χ0n) is 9.18. The number of fused-ring (bicyclic) bond motifs is 2. The van der Waals surface area contributed by atoms with Crippen molar-refractivity contribution in [3.05, 3.63) is 29.3 Å². The molecule has 1 N–H and O–H groups in total. The number of hydrogen-bond donors (Lipinski definition) is 1. The fraction of sp³-hybridized carbons (Fsp3) is 0.538. The van der Waals surface area contributed by atoms with Crippen LogP contribution < -0.4 is 10.1 Å². The van der Waals surface area contributed by atoms with Crippen LogP contribution in [0.4, 0.5) is 0 Å². The summed E-state index contributed by atoms with van der Waals surface area (Å²) in [5, 5.41) is 3.68. The quantitative estimate of drug-likeness (QED) is 0.755. The van der Waals surface area contributed by atoms with Crippen molar-refractivity contribution < 1.29 is 4.74 Å². The monoisotopic (exact) mass is 203 g/mol. The van der Waals surface area contributed by atoms with Crippen LogP contribution in [0, 0.1) is 0 Å². The first-order chi connectivity index (χ1) is 7.34. The molecule has 1 unspecified atom stereocenters. The van der Waals surface area contributed by atoms with E-state index in [4.69, 9.17) is 4.74 Å². The minimum absolute atomic E-state index is 0.307. The fourth-order valence-corrected chi connectivity index (χ4v) is 3.10. The summed E-state index contributed by atoms with van der Waals surface area (Å²) in [5.41, 5.74) is 3.30. The molecule has 1 spiro atoms. The smallest absolute Gasteiger partial charge is 0.119 e. The largest absolute Gasteiger partial charge is 0.497 e. The summed E-state index contributed by atoms with van der Waals surface area (Å²) in [6.07, 6.45) is 5.06. The molecule has 1 atom stereocenters. The normalized spacial score (nSPS) is 28.3. The number of ether oxygens (including phenoxy) is 1. The Labute approximate surface area is 90.6 Å². The van der Waals surface area contributed by atoms with E-state index in [1.807, 2.05) is 0 Å². The van der Waals surface area contributed by atoms with E-state index in [1.165, 1.54) is 43.4 Å². The molecular weight excluding hydrogens is 186 g/mol. The van der Waals surface area contributed by atoms with Gasteiger partial charge in [0.05, 0.1) is 7.11 Å². The first-order valence-corrected chi connectivity index (χ1v) is 5.76. The van der Waals surface area contributed by atoms with Crippen molar-refractivity contribution in [1.29, 1.82) is 0 Å². The third-order valence-electron chi connectivity index (χ3n) is 3.89. The number of rotatable bonds is 1. The van der Waals surface area contributed by atoms with Gasteiger partial charge in [-0.3, -0.25) is 0 Å². The number of methoxy groups -OCH3 is 1. The predicted octanol–water partition coefficient (Wildman–Crippen LogP) is 2.22. The minimum atomic E-state index is 0.307. The zero-order valence-corrected chi connectivity index (χ0v) is 9.18. The summed E-state index contributed by atoms with van der Waals surface area (Å²) >= 11 is 0. The van der Waals surface area contributed by atoms with Crippen LogP contribution in [0.15, 0.2) is 18.2 Å². The molecule has 1 saturated heterocycles. The highest BCUT2D eigenvalue weighted by molar-refractivity contribution is 5.44. The average molecular weight is 203 g/mol. The lowest BCUT2D eigenvalue weighted by molar-refractivity contribution is 0.388. The molecule has 1 fully saturated rings. The zero-order chi connectivity index (χ0) is 10.3. The summed E-state index contributed by atoms with van der Waals surface area (Å²) in [7, 11) is 1.74. The second kappa shape index (κ2) is 3.24. The second-order valence-corrected chi connectivity index (χ2v) is 4.64. The Morgan fingerprint density at radius 2 is 2.27 bits per heavy atom. The molecule has 2 heteroatoms. The van der Waals surface area contributed by atoms with Crippen LogP contribution in [0.25, 0.3) is 0 Å². The number of nitrogens with one attached hydrogen (secondary N) is 1. The maximum absolute atomic E-state index is 5.27. The first kappa shape index (κ1) is 9.22. The van der Waals surface area contributed by atoms with E-state index in [9.17, 15) is 0 Å². The Morgan fingerprint density at radius 3 is 3.00 bits per heavy atom. The number of aryl methyl sites for hydroxylation is 1. The molecule has 0 amide bonds. The molecule has 2 nitrogen and oxygen atoms in total. The molecule has 1 aromatic rings. The fourth-order valence-electron chi connectivity index (χ4n) is 3.10. The van der Waals surface area contributed by atoms with Crippen molar-refractivity contribution in [3.8, 4) is 5.75 Å². The van der Waals surface area contributed by atoms with Crippen molar-refractivity contribution in [3.63, 3.8) is 0 Å². The maximum atomic E-state index is 5.27. The van der Waals surface area contributed by atoms with Gasteiger partial charge in [-0.15, -0.1) is 0 Å². The Kier molecular flexibility index (Phi) is 1.99. The van der Waals surface area contributed by atoms with Gasteiger partial charge in [-0.2, -0.15) is 0 Å². The first-order valence-electron chi connectivity index (χ1n) is 5.76. The SMILES string of the molecule is COc1ccc2c(c1)CCC21CCCN1. The highest BCUT2D eigenvalue weighted by Gasteiger charge is 2.40. The van der Waals surface area contributed by atoms with Crippen LogP contribution in [0.5, 0.6) is 5.75 Å². The summed E-state index contributed by atoms with van der Waals surface area (Å²) in [4.78, 5) is 0. The van der Waals surface area contributed by atoms with Crippen LogP contribution in [-0.4, -0.2) is 13.7 Å². The molecule has 0 bridgehead atoms. The second-order valence-electron chi connectivity index (χ2n) is 4.64. The van der Waals surface area contributed by atoms with E-state index >= 15 is 0 Å². The van der Waals surface area contributed by atoms with Crippen molar-refractivity contribution in [2.24, 2.45) is 0 Å². The van der Waals surface area contributed by atoms with Crippen molar-refractivity contribution in [2.75, 3.05) is 13.7 Å². The molecule has 0 aromatic heterocycles. The number of benzene rings is 1. The molecule has 1 aromatic carbocycles. The lowest BCUT2D eigenvalue weighted by Gasteiger charge is -2.25. The van der Waals surface area contributed by atoms with Gasteiger partial charge in [-0.1, -0.05) is 6.07 Å². The minimum Gasteiger partial charge on any atom is -0.497 e. The highest BCUT2D eigenvalue weighted by atomic mass is 16.5. The standard InChI is InChI=1S/C13H17NO/c1-15-11-3-4-12-10(9-11)5-7-13(12)6-2-8-14-13/h3-4,9,14H,2,5-8H2,1H3. The van der Waals surface area contributed by atoms with Gasteiger partial charge in [-0.05, 0) is 55.5 Å². The molecular formula is C13H17NO. The molecule has 80 valence electrons. The average Bonchev–Trinajstić information content (AvgIpc) is 2.88. The molecule has 1 heterocycles. The maximum Gasteiger partial charge on any atom is 0.119 e. The van der Waals surface area contributed by atoms with Crippen molar-refractivity contribution in [2.45, 2.75) is 31.2 Å². The Balaban J connectivity index is 2.03. The van der Waals surface area contributed by atoms with E-state index < -0.39 is 0 Å². The lowest BCUT2D eigenvalue weighted by Crippen LogP contribution is -2.34. The van der Waals surface area contributed by atoms with Gasteiger partial charge in [0.25, 0.3) is 0 Å². The molecule has 0 radical (unpaired) electrons. The van der Waals surface area contributed by atoms with Crippen LogP contribution in [0.3, 0.4) is 0 Å². The lowest BCUT2D eigenvalue weighted by atomic mass is 9.90. The van der Waals surface area contributed by atoms with Crippen LogP contribution in [0.2, 0.25) is 0 Å². The van der Waals surface area contributed by atoms with E-state index in [0.29, 0.717) is 5.54 Å². The molecule has 15 heavy (non-hydrogen) atoms. The summed E-state index contributed by atoms with van der Waals surface area (Å²) in [6, 6.07) is 6.54. The van der Waals surface area contributed by atoms with Gasteiger partial charge in [0.15, 0.2) is 0 Å². The van der Waals surface area contributed by atoms with Crippen LogP contribution in [0.1, 0.15) is 30.4 Å². The number of hydrogen-bond acceptors (Lipinski definition) is 2. The van der Waals surface area contributed by atoms with E-state index in [0.717, 1.165) is 5.75 Å². The molecule has 1 aliphatic heterocycles. The van der Waals surface area contributed by atoms with Gasteiger partial charge in [-0.25, -0.2) is 0 Å². The predicted molar refractivity (Wildman–Crippen MR) is 60.2 cm³/mol. The molecule has 2 aliphatic rings. The van der Waals surface area contributed by atoms with Gasteiger partial charge in [0.2, 0.25) is 0 Å². The molecule has 3 rings (SSSR count). The summed E-state index contributed by atoms with van der Waals surface area (Å²) in [6.45, 7) is 1.17. The van der Waals surface area contributed by atoms with Crippen LogP contribution in [-0.2, 0) is 12.0 Å². The van der Waals surface area contributed by atoms with Gasteiger partial charge in [0, 0.05) is 5.54 Å². The van der Waals surface area contributed by atoms with Gasteiger partial charge in [0.1, 0.15) is 5.75 Å². The van der Waals surface area contributed by atoms with Crippen molar-refractivity contribution >= 4 is 0 Å². The summed E-state index contributed by atoms with van der Waals surface area (Å²) < 4.78 is 5.27. The Morgan fingerprint density at radius 1 is 1.33 bits per heavy atom. The molecule has 1 aliphatic carbocycles. The Bertz CT molecular complexity index is 380. The third kappa shape index (κ3) is 1.28.